The minimum Gasteiger partial charge on any atom is -0.502 e. The average molecular weight is 185 g/mol. The molecular weight excluding hydrogens is 180 g/mol. The van der Waals surface area contributed by atoms with Gasteiger partial charge in [0.25, 0.3) is 7.12 Å². The van der Waals surface area contributed by atoms with E-state index < -0.39 is 21.2 Å². The van der Waals surface area contributed by atoms with E-state index in [2.05, 4.69) is 5.11 Å². The quantitative estimate of drug-likeness (QED) is 0.562. The summed E-state index contributed by atoms with van der Waals surface area (Å²) in [5.41, 5.74) is -1.02. The summed E-state index contributed by atoms with van der Waals surface area (Å²) in [6, 6.07) is 2.77. The van der Waals surface area contributed by atoms with Crippen molar-refractivity contribution in [2.24, 2.45) is 0 Å². The Morgan fingerprint density at radius 3 is 2.46 bits per heavy atom. The summed E-state index contributed by atoms with van der Waals surface area (Å²) < 4.78 is 6.48. The van der Waals surface area contributed by atoms with E-state index in [-0.39, 0.29) is 5.75 Å². The van der Waals surface area contributed by atoms with E-state index in [1.807, 2.05) is 0 Å². The molecule has 0 atom stereocenters. The van der Waals surface area contributed by atoms with Crippen LogP contribution < -0.4 is 0 Å². The first-order valence-corrected chi connectivity index (χ1v) is 3.12. The van der Waals surface area contributed by atoms with Crippen LogP contribution in [0.3, 0.4) is 0 Å². The molecule has 0 aromatic heterocycles. The topological polar surface area (TPSA) is 107 Å². The molecule has 0 aliphatic heterocycles. The van der Waals surface area contributed by atoms with Crippen LogP contribution in [-0.2, 0) is 0 Å². The second-order valence-corrected chi connectivity index (χ2v) is 2.17. The SMILES string of the molecule is [2H]Oc1ccc([N+](=O)[O-])cc1[N+](=O)[O-]. The van der Waals surface area contributed by atoms with Crippen LogP contribution in [0.15, 0.2) is 18.2 Å². The molecule has 1 aromatic carbocycles. The van der Waals surface area contributed by atoms with Gasteiger partial charge in [0.1, 0.15) is 0 Å². The van der Waals surface area contributed by atoms with Gasteiger partial charge in [-0.1, -0.05) is 0 Å². The highest BCUT2D eigenvalue weighted by Crippen LogP contribution is 2.29. The number of phenols is 1. The molecule has 13 heavy (non-hydrogen) atoms. The Bertz CT molecular complexity index is 394. The van der Waals surface area contributed by atoms with Crippen LogP contribution in [0.25, 0.3) is 0 Å². The van der Waals surface area contributed by atoms with Gasteiger partial charge in [0.15, 0.2) is 5.75 Å². The fraction of sp³-hybridized carbons (Fsp3) is 0. The highest BCUT2D eigenvalue weighted by Gasteiger charge is 2.18. The first kappa shape index (κ1) is 7.47. The summed E-state index contributed by atoms with van der Waals surface area (Å²) in [4.78, 5) is 19.0. The summed E-state index contributed by atoms with van der Waals surface area (Å²) >= 11 is 0. The van der Waals surface area contributed by atoms with Gasteiger partial charge in [0.2, 0.25) is 0 Å². The molecule has 7 heteroatoms. The van der Waals surface area contributed by atoms with E-state index in [0.29, 0.717) is 0 Å². The minimum absolute atomic E-state index is 0.333. The van der Waals surface area contributed by atoms with Crippen LogP contribution in [0.2, 0.25) is 0 Å². The number of phenolic OH excluding ortho intramolecular Hbond substituents is 1. The summed E-state index contributed by atoms with van der Waals surface area (Å²) in [7, 11) is 0. The van der Waals surface area contributed by atoms with Crippen LogP contribution in [0.5, 0.6) is 5.75 Å². The second kappa shape index (κ2) is 3.05. The lowest BCUT2D eigenvalue weighted by Crippen LogP contribution is -1.92. The van der Waals surface area contributed by atoms with Gasteiger partial charge in [-0.15, -0.1) is 0 Å². The van der Waals surface area contributed by atoms with Crippen LogP contribution >= 0.6 is 0 Å². The molecule has 1 rings (SSSR count). The van der Waals surface area contributed by atoms with Crippen LogP contribution in [0, 0.1) is 20.2 Å². The van der Waals surface area contributed by atoms with E-state index in [4.69, 9.17) is 1.43 Å². The van der Waals surface area contributed by atoms with Gasteiger partial charge >= 0.3 is 5.69 Å². The molecule has 0 fully saturated rings. The third-order valence-electron chi connectivity index (χ3n) is 1.35. The molecule has 1 N–H and O–H groups in total. The highest BCUT2D eigenvalue weighted by molar-refractivity contribution is 5.52. The predicted octanol–water partition coefficient (Wildman–Crippen LogP) is 1.21. The van der Waals surface area contributed by atoms with E-state index in [1.54, 1.807) is 0 Å². The van der Waals surface area contributed by atoms with Crippen molar-refractivity contribution < 1.29 is 15.0 Å². The van der Waals surface area contributed by atoms with E-state index >= 15 is 0 Å². The summed E-state index contributed by atoms with van der Waals surface area (Å²) in [5.74, 6) is -0.333. The van der Waals surface area contributed by atoms with Crippen molar-refractivity contribution in [1.29, 1.82) is 1.43 Å². The van der Waals surface area contributed by atoms with Gasteiger partial charge in [0, 0.05) is 6.07 Å². The molecular formula is C6H4N2O5. The van der Waals surface area contributed by atoms with Crippen molar-refractivity contribution in [3.63, 3.8) is 0 Å². The summed E-state index contributed by atoms with van der Waals surface area (Å²) in [5, 5.41) is 24.6. The molecule has 0 unspecified atom stereocenters. The van der Waals surface area contributed by atoms with Gasteiger partial charge in [-0.25, -0.2) is 0 Å². The fourth-order valence-corrected chi connectivity index (χ4v) is 0.762. The van der Waals surface area contributed by atoms with Gasteiger partial charge < -0.3 is 5.11 Å². The number of non-ortho nitro benzene ring substituents is 1. The van der Waals surface area contributed by atoms with Crippen molar-refractivity contribution in [3.8, 4) is 5.75 Å². The molecule has 0 heterocycles. The number of nitrogens with zero attached hydrogens (tertiary/aromatic N) is 2. The third kappa shape index (κ3) is 1.70. The summed E-state index contributed by atoms with van der Waals surface area (Å²) in [6.45, 7) is 0. The van der Waals surface area contributed by atoms with Crippen LogP contribution in [0.1, 0.15) is 0 Å². The second-order valence-electron chi connectivity index (χ2n) is 2.17. The van der Waals surface area contributed by atoms with Gasteiger partial charge in [-0.2, -0.15) is 0 Å². The highest BCUT2D eigenvalue weighted by atomic mass is 16.6. The molecule has 68 valence electrons. The zero-order valence-corrected chi connectivity index (χ0v) is 6.17. The monoisotopic (exact) mass is 185 g/mol. The molecule has 0 amide bonds. The third-order valence-corrected chi connectivity index (χ3v) is 1.35. The number of rotatable bonds is 3. The number of hydrogen-bond acceptors (Lipinski definition) is 5. The lowest BCUT2D eigenvalue weighted by molar-refractivity contribution is -0.394. The van der Waals surface area contributed by atoms with Crippen molar-refractivity contribution in [3.05, 3.63) is 38.4 Å². The van der Waals surface area contributed by atoms with Crippen molar-refractivity contribution >= 4 is 11.4 Å². The molecule has 1 aromatic rings. The summed E-state index contributed by atoms with van der Waals surface area (Å²) in [6.07, 6.45) is 0. The maximum atomic E-state index is 10.4. The lowest BCUT2D eigenvalue weighted by Gasteiger charge is -1.94. The predicted molar refractivity (Wildman–Crippen MR) is 41.4 cm³/mol. The molecule has 7 nitrogen and oxygen atoms in total. The Balaban J connectivity index is 3.27. The van der Waals surface area contributed by atoms with Crippen LogP contribution in [0.4, 0.5) is 11.4 Å². The Morgan fingerprint density at radius 1 is 1.31 bits per heavy atom. The Labute approximate surface area is 73.0 Å². The maximum Gasteiger partial charge on any atom is 0.317 e. The normalized spacial score (nSPS) is 10.3. The molecule has 0 saturated carbocycles. The fourth-order valence-electron chi connectivity index (χ4n) is 0.762. The molecule has 0 spiro atoms. The van der Waals surface area contributed by atoms with Crippen LogP contribution in [-0.4, -0.2) is 16.4 Å². The standard InChI is InChI=1S/C6H4N2O5/c9-6-2-1-4(7(10)11)3-5(6)8(12)13/h1-3,9H/i/hD. The lowest BCUT2D eigenvalue weighted by atomic mass is 10.2. The number of nitro benzene ring substituents is 2. The number of aromatic hydroxyl groups is 1. The number of hydrogen-bond donors (Lipinski definition) is 1. The smallest absolute Gasteiger partial charge is 0.317 e. The zero-order valence-electron chi connectivity index (χ0n) is 7.17. The first-order valence-electron chi connectivity index (χ1n) is 3.53. The van der Waals surface area contributed by atoms with E-state index in [9.17, 15) is 20.2 Å². The Hall–Kier alpha value is -2.18. The molecule has 0 aliphatic rings. The first-order chi connectivity index (χ1) is 6.56. The molecule has 0 bridgehead atoms. The minimum atomic E-state index is -0.850. The van der Waals surface area contributed by atoms with Crippen molar-refractivity contribution in [1.82, 2.24) is 0 Å². The Kier molecular flexibility index (Phi) is 1.75. The zero-order chi connectivity index (χ0) is 10.7. The number of nitro groups is 2. The maximum absolute atomic E-state index is 10.4. The van der Waals surface area contributed by atoms with Gasteiger partial charge in [0.05, 0.1) is 15.9 Å². The van der Waals surface area contributed by atoms with E-state index in [1.165, 1.54) is 0 Å². The molecule has 0 radical (unpaired) electrons. The van der Waals surface area contributed by atoms with Gasteiger partial charge in [-0.3, -0.25) is 20.2 Å². The molecule has 0 saturated heterocycles. The van der Waals surface area contributed by atoms with E-state index in [0.717, 1.165) is 18.2 Å². The largest absolute Gasteiger partial charge is 0.502 e. The van der Waals surface area contributed by atoms with Crippen molar-refractivity contribution in [2.45, 2.75) is 0 Å². The van der Waals surface area contributed by atoms with Gasteiger partial charge in [-0.05, 0) is 6.07 Å². The molecule has 0 aliphatic carbocycles. The Morgan fingerprint density at radius 2 is 2.00 bits per heavy atom. The number of benzene rings is 1. The average Bonchev–Trinajstić information content (AvgIpc) is 2.16. The van der Waals surface area contributed by atoms with Crippen molar-refractivity contribution in [2.75, 3.05) is 0 Å².